The van der Waals surface area contributed by atoms with Crippen LogP contribution in [0.4, 0.5) is 4.39 Å². The standard InChI is InChI=1S/C13H19BrFNO/c1-2-7-16-10-11-4-5-13(12(14)9-11)17-8-3-6-15/h4-5,9,16H,2-3,6-8,10H2,1H3. The molecule has 0 aliphatic heterocycles. The van der Waals surface area contributed by atoms with Gasteiger partial charge in [0.25, 0.3) is 0 Å². The van der Waals surface area contributed by atoms with Gasteiger partial charge in [-0.1, -0.05) is 13.0 Å². The highest BCUT2D eigenvalue weighted by Gasteiger charge is 2.02. The van der Waals surface area contributed by atoms with Gasteiger partial charge in [0.2, 0.25) is 0 Å². The van der Waals surface area contributed by atoms with Crippen LogP contribution in [-0.4, -0.2) is 19.8 Å². The van der Waals surface area contributed by atoms with E-state index >= 15 is 0 Å². The Morgan fingerprint density at radius 1 is 1.41 bits per heavy atom. The van der Waals surface area contributed by atoms with Crippen molar-refractivity contribution in [2.45, 2.75) is 26.3 Å². The molecule has 0 amide bonds. The van der Waals surface area contributed by atoms with Gasteiger partial charge in [-0.15, -0.1) is 0 Å². The number of rotatable bonds is 8. The highest BCUT2D eigenvalue weighted by Crippen LogP contribution is 2.26. The third kappa shape index (κ3) is 5.50. The molecule has 96 valence electrons. The first-order chi connectivity index (χ1) is 8.27. The molecule has 0 aliphatic carbocycles. The second-order valence-corrected chi connectivity index (χ2v) is 4.69. The summed E-state index contributed by atoms with van der Waals surface area (Å²) in [5, 5.41) is 3.34. The van der Waals surface area contributed by atoms with Crippen molar-refractivity contribution in [1.29, 1.82) is 0 Å². The van der Waals surface area contributed by atoms with Crippen molar-refractivity contribution < 1.29 is 9.13 Å². The predicted molar refractivity (Wildman–Crippen MR) is 72.2 cm³/mol. The Morgan fingerprint density at radius 2 is 2.24 bits per heavy atom. The van der Waals surface area contributed by atoms with Crippen LogP contribution in [0.5, 0.6) is 5.75 Å². The van der Waals surface area contributed by atoms with E-state index in [0.29, 0.717) is 13.0 Å². The molecule has 1 aromatic carbocycles. The molecule has 17 heavy (non-hydrogen) atoms. The summed E-state index contributed by atoms with van der Waals surface area (Å²) in [6, 6.07) is 5.98. The molecule has 0 aromatic heterocycles. The van der Waals surface area contributed by atoms with Crippen molar-refractivity contribution in [2.24, 2.45) is 0 Å². The smallest absolute Gasteiger partial charge is 0.133 e. The van der Waals surface area contributed by atoms with E-state index in [2.05, 4.69) is 28.2 Å². The van der Waals surface area contributed by atoms with Crippen molar-refractivity contribution in [3.8, 4) is 5.75 Å². The molecule has 0 spiro atoms. The van der Waals surface area contributed by atoms with Crippen molar-refractivity contribution in [2.75, 3.05) is 19.8 Å². The van der Waals surface area contributed by atoms with E-state index in [1.807, 2.05) is 18.2 Å². The molecule has 0 heterocycles. The fourth-order valence-electron chi connectivity index (χ4n) is 1.42. The average molecular weight is 304 g/mol. The van der Waals surface area contributed by atoms with E-state index in [1.165, 1.54) is 5.56 Å². The fourth-order valence-corrected chi connectivity index (χ4v) is 1.96. The quantitative estimate of drug-likeness (QED) is 0.740. The van der Waals surface area contributed by atoms with Crippen LogP contribution in [0.1, 0.15) is 25.3 Å². The summed E-state index contributed by atoms with van der Waals surface area (Å²) in [5.41, 5.74) is 1.21. The zero-order valence-corrected chi connectivity index (χ0v) is 11.7. The normalized spacial score (nSPS) is 10.5. The summed E-state index contributed by atoms with van der Waals surface area (Å²) < 4.78 is 18.3. The Bertz CT molecular complexity index is 333. The molecule has 0 saturated heterocycles. The maximum absolute atomic E-state index is 11.9. The summed E-state index contributed by atoms with van der Waals surface area (Å²) in [6.07, 6.45) is 1.57. The first-order valence-electron chi connectivity index (χ1n) is 5.95. The number of nitrogens with one attached hydrogen (secondary N) is 1. The van der Waals surface area contributed by atoms with Gasteiger partial charge in [0, 0.05) is 13.0 Å². The molecule has 4 heteroatoms. The molecule has 1 N–H and O–H groups in total. The lowest BCUT2D eigenvalue weighted by atomic mass is 10.2. The Hall–Kier alpha value is -0.610. The van der Waals surface area contributed by atoms with Crippen LogP contribution >= 0.6 is 15.9 Å². The zero-order valence-electron chi connectivity index (χ0n) is 10.1. The van der Waals surface area contributed by atoms with Crippen molar-refractivity contribution in [3.05, 3.63) is 28.2 Å². The van der Waals surface area contributed by atoms with Crippen LogP contribution in [0, 0.1) is 0 Å². The molecular formula is C13H19BrFNO. The summed E-state index contributed by atoms with van der Waals surface area (Å²) in [5.74, 6) is 0.776. The van der Waals surface area contributed by atoms with Gasteiger partial charge in [-0.2, -0.15) is 0 Å². The second-order valence-electron chi connectivity index (χ2n) is 3.83. The van der Waals surface area contributed by atoms with Gasteiger partial charge < -0.3 is 10.1 Å². The maximum Gasteiger partial charge on any atom is 0.133 e. The Labute approximate surface area is 111 Å². The van der Waals surface area contributed by atoms with E-state index in [4.69, 9.17) is 4.74 Å². The molecule has 0 radical (unpaired) electrons. The summed E-state index contributed by atoms with van der Waals surface area (Å²) in [7, 11) is 0. The number of hydrogen-bond donors (Lipinski definition) is 1. The zero-order chi connectivity index (χ0) is 12.5. The minimum atomic E-state index is -0.337. The SMILES string of the molecule is CCCNCc1ccc(OCCCF)c(Br)c1. The number of alkyl halides is 1. The van der Waals surface area contributed by atoms with Gasteiger partial charge in [-0.3, -0.25) is 4.39 Å². The molecule has 0 aliphatic rings. The van der Waals surface area contributed by atoms with E-state index < -0.39 is 0 Å². The van der Waals surface area contributed by atoms with Crippen molar-refractivity contribution in [3.63, 3.8) is 0 Å². The number of ether oxygens (including phenoxy) is 1. The van der Waals surface area contributed by atoms with Crippen LogP contribution in [-0.2, 0) is 6.54 Å². The number of benzene rings is 1. The second kappa shape index (κ2) is 8.48. The van der Waals surface area contributed by atoms with Gasteiger partial charge >= 0.3 is 0 Å². The lowest BCUT2D eigenvalue weighted by molar-refractivity contribution is 0.288. The molecule has 1 aromatic rings. The van der Waals surface area contributed by atoms with Gasteiger partial charge in [0.05, 0.1) is 17.8 Å². The largest absolute Gasteiger partial charge is 0.492 e. The summed E-state index contributed by atoms with van der Waals surface area (Å²) in [4.78, 5) is 0. The topological polar surface area (TPSA) is 21.3 Å². The third-order valence-corrected chi connectivity index (χ3v) is 2.91. The molecule has 0 bridgehead atoms. The van der Waals surface area contributed by atoms with Crippen LogP contribution < -0.4 is 10.1 Å². The molecule has 0 fully saturated rings. The first kappa shape index (κ1) is 14.5. The van der Waals surface area contributed by atoms with Crippen molar-refractivity contribution >= 4 is 15.9 Å². The minimum Gasteiger partial charge on any atom is -0.492 e. The third-order valence-electron chi connectivity index (χ3n) is 2.29. The molecule has 2 nitrogen and oxygen atoms in total. The van der Waals surface area contributed by atoms with Crippen LogP contribution in [0.25, 0.3) is 0 Å². The van der Waals surface area contributed by atoms with E-state index in [0.717, 1.165) is 29.7 Å². The van der Waals surface area contributed by atoms with Crippen LogP contribution in [0.15, 0.2) is 22.7 Å². The van der Waals surface area contributed by atoms with Crippen LogP contribution in [0.2, 0.25) is 0 Å². The van der Waals surface area contributed by atoms with Gasteiger partial charge in [0.1, 0.15) is 5.75 Å². The molecule has 0 atom stereocenters. The molecule has 0 unspecified atom stereocenters. The molecular weight excluding hydrogens is 285 g/mol. The predicted octanol–water partition coefficient (Wildman–Crippen LogP) is 3.69. The summed E-state index contributed by atoms with van der Waals surface area (Å²) >= 11 is 3.46. The number of hydrogen-bond acceptors (Lipinski definition) is 2. The molecule has 1 rings (SSSR count). The van der Waals surface area contributed by atoms with E-state index in [9.17, 15) is 4.39 Å². The first-order valence-corrected chi connectivity index (χ1v) is 6.75. The van der Waals surface area contributed by atoms with E-state index in [1.54, 1.807) is 0 Å². The Balaban J connectivity index is 2.47. The maximum atomic E-state index is 11.9. The summed E-state index contributed by atoms with van der Waals surface area (Å²) in [6.45, 7) is 4.10. The minimum absolute atomic E-state index is 0.337. The van der Waals surface area contributed by atoms with Crippen molar-refractivity contribution in [1.82, 2.24) is 5.32 Å². The highest BCUT2D eigenvalue weighted by atomic mass is 79.9. The highest BCUT2D eigenvalue weighted by molar-refractivity contribution is 9.10. The van der Waals surface area contributed by atoms with Gasteiger partial charge in [-0.25, -0.2) is 0 Å². The van der Waals surface area contributed by atoms with E-state index in [-0.39, 0.29) is 6.67 Å². The number of halogens is 2. The Kier molecular flexibility index (Phi) is 7.21. The van der Waals surface area contributed by atoms with Crippen LogP contribution in [0.3, 0.4) is 0 Å². The fraction of sp³-hybridized carbons (Fsp3) is 0.538. The van der Waals surface area contributed by atoms with Gasteiger partial charge in [0.15, 0.2) is 0 Å². The van der Waals surface area contributed by atoms with Gasteiger partial charge in [-0.05, 0) is 46.6 Å². The monoisotopic (exact) mass is 303 g/mol. The molecule has 0 saturated carbocycles. The lowest BCUT2D eigenvalue weighted by Gasteiger charge is -2.09. The Morgan fingerprint density at radius 3 is 2.88 bits per heavy atom. The lowest BCUT2D eigenvalue weighted by Crippen LogP contribution is -2.13. The average Bonchev–Trinajstić information content (AvgIpc) is 2.32.